The Labute approximate surface area is 245 Å². The van der Waals surface area contributed by atoms with Gasteiger partial charge in [0, 0.05) is 29.5 Å². The summed E-state index contributed by atoms with van der Waals surface area (Å²) < 4.78 is 16.7. The zero-order valence-corrected chi connectivity index (χ0v) is 23.0. The predicted molar refractivity (Wildman–Crippen MR) is 157 cm³/mol. The van der Waals surface area contributed by atoms with Gasteiger partial charge in [0.25, 0.3) is 0 Å². The molecular weight excluding hydrogens is 556 g/mol. The molecule has 0 aliphatic rings. The number of carbonyl (C=O) groups excluding carboxylic acids is 1. The molecule has 0 amide bonds. The van der Waals surface area contributed by atoms with Crippen LogP contribution in [0.2, 0.25) is 0 Å². The average molecular weight is 585 g/mol. The molecule has 0 aliphatic heterocycles. The summed E-state index contributed by atoms with van der Waals surface area (Å²) in [5, 5.41) is 51.6. The summed E-state index contributed by atoms with van der Waals surface area (Å²) in [7, 11) is 1.21. The molecule has 5 rings (SSSR count). The molecule has 5 aromatic rings. The number of rotatable bonds is 9. The van der Waals surface area contributed by atoms with E-state index in [4.69, 9.17) is 13.9 Å². The van der Waals surface area contributed by atoms with E-state index in [1.54, 1.807) is 24.3 Å². The van der Waals surface area contributed by atoms with Gasteiger partial charge in [-0.05, 0) is 41.5 Å². The van der Waals surface area contributed by atoms with Crippen LogP contribution in [0.4, 0.5) is 0 Å². The fraction of sp³-hybridized carbons (Fsp3) is 0.152. The van der Waals surface area contributed by atoms with E-state index in [0.29, 0.717) is 24.3 Å². The van der Waals surface area contributed by atoms with Crippen LogP contribution in [0.1, 0.15) is 29.0 Å². The lowest BCUT2D eigenvalue weighted by atomic mass is 9.86. The van der Waals surface area contributed by atoms with Crippen LogP contribution in [-0.4, -0.2) is 45.2 Å². The van der Waals surface area contributed by atoms with Crippen LogP contribution in [0.25, 0.3) is 22.3 Å². The molecule has 0 spiro atoms. The van der Waals surface area contributed by atoms with Crippen molar-refractivity contribution in [1.29, 1.82) is 0 Å². The molecule has 0 unspecified atom stereocenters. The highest BCUT2D eigenvalue weighted by Gasteiger charge is 2.30. The third-order valence-electron chi connectivity index (χ3n) is 7.11. The van der Waals surface area contributed by atoms with E-state index in [2.05, 4.69) is 0 Å². The number of methoxy groups -OCH3 is 1. The lowest BCUT2D eigenvalue weighted by Gasteiger charge is -2.21. The van der Waals surface area contributed by atoms with E-state index in [0.717, 1.165) is 23.8 Å². The molecule has 0 bridgehead atoms. The lowest BCUT2D eigenvalue weighted by molar-refractivity contribution is -0.140. The molecule has 0 fully saturated rings. The second kappa shape index (κ2) is 12.1. The Morgan fingerprint density at radius 3 is 2.23 bits per heavy atom. The fourth-order valence-electron chi connectivity index (χ4n) is 4.91. The summed E-state index contributed by atoms with van der Waals surface area (Å²) >= 11 is 0. The van der Waals surface area contributed by atoms with Crippen LogP contribution >= 0.6 is 0 Å². The molecule has 1 aromatic heterocycles. The third kappa shape index (κ3) is 5.89. The van der Waals surface area contributed by atoms with Gasteiger partial charge in [-0.3, -0.25) is 9.59 Å². The van der Waals surface area contributed by atoms with Gasteiger partial charge in [0.05, 0.1) is 20.1 Å². The molecule has 43 heavy (non-hydrogen) atoms. The molecule has 0 saturated carbocycles. The summed E-state index contributed by atoms with van der Waals surface area (Å²) in [4.78, 5) is 25.8. The summed E-state index contributed by atoms with van der Waals surface area (Å²) in [6.45, 7) is 0.433. The quantitative estimate of drug-likeness (QED) is 0.113. The number of ether oxygens (including phenoxy) is 2. The van der Waals surface area contributed by atoms with Gasteiger partial charge in [0.1, 0.15) is 28.2 Å². The Hall–Kier alpha value is -5.64. The van der Waals surface area contributed by atoms with Crippen molar-refractivity contribution in [2.75, 3.05) is 13.7 Å². The molecular formula is C33H28O10. The van der Waals surface area contributed by atoms with Crippen LogP contribution in [-0.2, 0) is 16.0 Å². The van der Waals surface area contributed by atoms with Crippen molar-refractivity contribution in [2.24, 2.45) is 0 Å². The van der Waals surface area contributed by atoms with Gasteiger partial charge in [-0.1, -0.05) is 42.5 Å². The smallest absolute Gasteiger partial charge is 0.306 e. The monoisotopic (exact) mass is 584 g/mol. The summed E-state index contributed by atoms with van der Waals surface area (Å²) in [6, 6.07) is 21.1. The zero-order chi connectivity index (χ0) is 30.7. The second-order valence-corrected chi connectivity index (χ2v) is 9.83. The third-order valence-corrected chi connectivity index (χ3v) is 7.11. The van der Waals surface area contributed by atoms with Crippen molar-refractivity contribution in [1.82, 2.24) is 0 Å². The second-order valence-electron chi connectivity index (χ2n) is 9.83. The van der Waals surface area contributed by atoms with Crippen LogP contribution in [0, 0.1) is 0 Å². The molecule has 220 valence electrons. The van der Waals surface area contributed by atoms with Crippen LogP contribution in [0.3, 0.4) is 0 Å². The summed E-state index contributed by atoms with van der Waals surface area (Å²) in [5.74, 6) is -4.34. The van der Waals surface area contributed by atoms with Crippen molar-refractivity contribution in [3.8, 4) is 45.8 Å². The Kier molecular flexibility index (Phi) is 8.11. The number of esters is 1. The van der Waals surface area contributed by atoms with E-state index in [1.165, 1.54) is 13.2 Å². The van der Waals surface area contributed by atoms with Crippen molar-refractivity contribution in [3.63, 3.8) is 0 Å². The molecule has 4 aromatic carbocycles. The minimum absolute atomic E-state index is 0.0164. The highest BCUT2D eigenvalue weighted by molar-refractivity contribution is 5.92. The van der Waals surface area contributed by atoms with E-state index in [1.807, 2.05) is 30.3 Å². The number of carbonyl (C=O) groups is 1. The number of benzene rings is 4. The van der Waals surface area contributed by atoms with E-state index >= 15 is 0 Å². The number of phenols is 4. The molecule has 1 atom stereocenters. The van der Waals surface area contributed by atoms with Gasteiger partial charge in [-0.2, -0.15) is 0 Å². The van der Waals surface area contributed by atoms with Crippen molar-refractivity contribution in [2.45, 2.75) is 18.8 Å². The number of hydrogen-bond donors (Lipinski definition) is 5. The lowest BCUT2D eigenvalue weighted by Crippen LogP contribution is -2.12. The minimum Gasteiger partial charge on any atom is -0.507 e. The predicted octanol–water partition coefficient (Wildman–Crippen LogP) is 5.30. The Balaban J connectivity index is 1.60. The highest BCUT2D eigenvalue weighted by atomic mass is 16.5. The number of hydrogen-bond acceptors (Lipinski definition) is 10. The largest absolute Gasteiger partial charge is 0.507 e. The molecule has 0 saturated heterocycles. The van der Waals surface area contributed by atoms with Crippen molar-refractivity contribution in [3.05, 3.63) is 106 Å². The van der Waals surface area contributed by atoms with E-state index < -0.39 is 57.2 Å². The molecule has 0 aliphatic carbocycles. The number of fused-ring (bicyclic) bond motifs is 1. The van der Waals surface area contributed by atoms with Gasteiger partial charge in [-0.25, -0.2) is 0 Å². The van der Waals surface area contributed by atoms with Gasteiger partial charge in [-0.15, -0.1) is 0 Å². The van der Waals surface area contributed by atoms with Gasteiger partial charge < -0.3 is 39.4 Å². The maximum absolute atomic E-state index is 13.3. The summed E-state index contributed by atoms with van der Waals surface area (Å²) in [5.41, 5.74) is 0.366. The fourth-order valence-corrected chi connectivity index (χ4v) is 4.91. The number of phenolic OH excluding ortho intramolecular Hbond substituents is 4. The zero-order valence-electron chi connectivity index (χ0n) is 23.0. The first kappa shape index (κ1) is 28.9. The van der Waals surface area contributed by atoms with Crippen LogP contribution in [0.15, 0.2) is 88.1 Å². The van der Waals surface area contributed by atoms with Gasteiger partial charge in [0.15, 0.2) is 17.3 Å². The minimum atomic E-state index is -1.01. The Morgan fingerprint density at radius 2 is 1.56 bits per heavy atom. The number of aromatic hydroxyl groups is 5. The maximum atomic E-state index is 13.3. The SMILES string of the molecule is COC(=O)C[C@@H](c1ccc(OCCc2ccccc2)cc1)c1c(O)cc(O)c2c(=O)c(O)c(-c3ccc(O)c(O)c3)oc12. The summed E-state index contributed by atoms with van der Waals surface area (Å²) in [6.07, 6.45) is 0.423. The normalized spacial score (nSPS) is 11.7. The first-order valence-electron chi connectivity index (χ1n) is 13.3. The Morgan fingerprint density at radius 1 is 0.837 bits per heavy atom. The first-order valence-corrected chi connectivity index (χ1v) is 13.3. The topological polar surface area (TPSA) is 167 Å². The first-order chi connectivity index (χ1) is 20.7. The standard InChI is InChI=1S/C33H28O10/c1-41-27(38)16-22(19-7-10-21(11-8-19)42-14-13-18-5-3-2-4-6-18)28-25(36)17-26(37)29-30(39)31(40)32(43-33(28)29)20-9-12-23(34)24(35)15-20/h2-12,15,17,22,34-37,40H,13-14,16H2,1H3/t22-/m0/s1. The van der Waals surface area contributed by atoms with Crippen LogP contribution in [0.5, 0.6) is 34.5 Å². The van der Waals surface area contributed by atoms with E-state index in [9.17, 15) is 35.1 Å². The maximum Gasteiger partial charge on any atom is 0.306 e. The van der Waals surface area contributed by atoms with E-state index in [-0.39, 0.29) is 23.1 Å². The van der Waals surface area contributed by atoms with Gasteiger partial charge >= 0.3 is 5.97 Å². The molecule has 10 nitrogen and oxygen atoms in total. The molecule has 1 heterocycles. The Bertz CT molecular complexity index is 1840. The highest BCUT2D eigenvalue weighted by Crippen LogP contribution is 2.45. The van der Waals surface area contributed by atoms with Gasteiger partial charge in [0.2, 0.25) is 11.2 Å². The van der Waals surface area contributed by atoms with Crippen molar-refractivity contribution >= 4 is 16.9 Å². The molecule has 0 radical (unpaired) electrons. The average Bonchev–Trinajstić information content (AvgIpc) is 3.00. The molecule has 10 heteroatoms. The molecule has 5 N–H and O–H groups in total. The van der Waals surface area contributed by atoms with Crippen molar-refractivity contribution < 1.29 is 44.2 Å². The van der Waals surface area contributed by atoms with Crippen LogP contribution < -0.4 is 10.2 Å².